The highest BCUT2D eigenvalue weighted by atomic mass is 35.5. The van der Waals surface area contributed by atoms with Gasteiger partial charge in [-0.1, -0.05) is 0 Å². The van der Waals surface area contributed by atoms with Gasteiger partial charge in [-0.05, 0) is 26.2 Å². The Bertz CT molecular complexity index is 66.6. The molecule has 3 heteroatoms. The second-order valence-corrected chi connectivity index (χ2v) is 3.36. The first kappa shape index (κ1) is 10.5. The summed E-state index contributed by atoms with van der Waals surface area (Å²) >= 11 is 11.0. The van der Waals surface area contributed by atoms with Crippen LogP contribution in [-0.4, -0.2) is 18.1 Å². The summed E-state index contributed by atoms with van der Waals surface area (Å²) < 4.78 is 5.13. The van der Waals surface area contributed by atoms with Gasteiger partial charge in [0, 0.05) is 13.2 Å². The van der Waals surface area contributed by atoms with E-state index in [4.69, 9.17) is 27.9 Å². The third-order valence-corrected chi connectivity index (χ3v) is 1.60. The summed E-state index contributed by atoms with van der Waals surface area (Å²) in [6.07, 6.45) is 2.98. The van der Waals surface area contributed by atoms with Crippen LogP contribution < -0.4 is 0 Å². The topological polar surface area (TPSA) is 9.23 Å². The fourth-order valence-electron chi connectivity index (χ4n) is 0.647. The fraction of sp³-hybridized carbons (Fsp3) is 1.00. The highest BCUT2D eigenvalue weighted by molar-refractivity contribution is 6.44. The van der Waals surface area contributed by atoms with Crippen LogP contribution in [0.25, 0.3) is 0 Å². The van der Waals surface area contributed by atoms with Crippen LogP contribution in [0, 0.1) is 0 Å². The minimum absolute atomic E-state index is 0.207. The summed E-state index contributed by atoms with van der Waals surface area (Å²) in [5.74, 6) is 0. The lowest BCUT2D eigenvalue weighted by molar-refractivity contribution is 0.143. The molecular weight excluding hydrogens is 171 g/mol. The Labute approximate surface area is 72.6 Å². The van der Waals surface area contributed by atoms with Gasteiger partial charge in [0.2, 0.25) is 0 Å². The lowest BCUT2D eigenvalue weighted by atomic mass is 10.3. The van der Waals surface area contributed by atoms with Crippen molar-refractivity contribution in [2.24, 2.45) is 0 Å². The summed E-state index contributed by atoms with van der Waals surface area (Å²) in [5, 5.41) is 0. The maximum Gasteiger partial charge on any atom is 0.107 e. The first-order valence-electron chi connectivity index (χ1n) is 3.63. The largest absolute Gasteiger partial charge is 0.382 e. The Kier molecular flexibility index (Phi) is 8.06. The van der Waals surface area contributed by atoms with Gasteiger partial charge in [0.05, 0.1) is 0 Å². The quantitative estimate of drug-likeness (QED) is 0.456. The van der Waals surface area contributed by atoms with Gasteiger partial charge in [0.25, 0.3) is 0 Å². The minimum atomic E-state index is -0.207. The van der Waals surface area contributed by atoms with Crippen LogP contribution in [0.4, 0.5) is 0 Å². The fourth-order valence-corrected chi connectivity index (χ4v) is 0.956. The van der Waals surface area contributed by atoms with E-state index in [1.165, 1.54) is 0 Å². The van der Waals surface area contributed by atoms with Crippen molar-refractivity contribution in [3.8, 4) is 0 Å². The molecule has 0 atom stereocenters. The SMILES string of the molecule is CCOCCCCC(Cl)Cl. The number of ether oxygens (including phenoxy) is 1. The molecule has 1 nitrogen and oxygen atoms in total. The van der Waals surface area contributed by atoms with Crippen molar-refractivity contribution in [3.63, 3.8) is 0 Å². The molecule has 0 fully saturated rings. The van der Waals surface area contributed by atoms with Crippen LogP contribution in [0.2, 0.25) is 0 Å². The Hall–Kier alpha value is 0.540. The third kappa shape index (κ3) is 8.54. The Morgan fingerprint density at radius 1 is 1.30 bits per heavy atom. The lowest BCUT2D eigenvalue weighted by Gasteiger charge is -2.01. The zero-order valence-electron chi connectivity index (χ0n) is 6.28. The smallest absolute Gasteiger partial charge is 0.107 e. The highest BCUT2D eigenvalue weighted by Crippen LogP contribution is 2.10. The third-order valence-electron chi connectivity index (χ3n) is 1.17. The molecule has 0 saturated heterocycles. The van der Waals surface area contributed by atoms with Crippen LogP contribution in [-0.2, 0) is 4.74 Å². The molecule has 0 aliphatic heterocycles. The van der Waals surface area contributed by atoms with Crippen molar-refractivity contribution in [2.45, 2.75) is 31.0 Å². The summed E-state index contributed by atoms with van der Waals surface area (Å²) in [6.45, 7) is 3.62. The van der Waals surface area contributed by atoms with Crippen molar-refractivity contribution in [1.82, 2.24) is 0 Å². The van der Waals surface area contributed by atoms with Crippen molar-refractivity contribution in [2.75, 3.05) is 13.2 Å². The summed E-state index contributed by atoms with van der Waals surface area (Å²) in [5.41, 5.74) is 0. The van der Waals surface area contributed by atoms with E-state index >= 15 is 0 Å². The van der Waals surface area contributed by atoms with E-state index in [-0.39, 0.29) is 4.84 Å². The molecule has 62 valence electrons. The van der Waals surface area contributed by atoms with Gasteiger partial charge in [0.15, 0.2) is 0 Å². The lowest BCUT2D eigenvalue weighted by Crippen LogP contribution is -1.94. The monoisotopic (exact) mass is 184 g/mol. The Balaban J connectivity index is 2.77. The van der Waals surface area contributed by atoms with E-state index < -0.39 is 0 Å². The molecule has 0 radical (unpaired) electrons. The molecule has 10 heavy (non-hydrogen) atoms. The number of unbranched alkanes of at least 4 members (excludes halogenated alkanes) is 1. The van der Waals surface area contributed by atoms with Crippen molar-refractivity contribution < 1.29 is 4.74 Å². The second-order valence-electron chi connectivity index (χ2n) is 2.08. The van der Waals surface area contributed by atoms with Gasteiger partial charge in [-0.3, -0.25) is 0 Å². The second kappa shape index (κ2) is 7.64. The Morgan fingerprint density at radius 3 is 2.50 bits per heavy atom. The average Bonchev–Trinajstić information content (AvgIpc) is 1.87. The minimum Gasteiger partial charge on any atom is -0.382 e. The van der Waals surface area contributed by atoms with E-state index in [9.17, 15) is 0 Å². The van der Waals surface area contributed by atoms with E-state index in [2.05, 4.69) is 0 Å². The van der Waals surface area contributed by atoms with Crippen molar-refractivity contribution >= 4 is 23.2 Å². The molecular formula is C7H14Cl2O. The first-order valence-corrected chi connectivity index (χ1v) is 4.50. The molecule has 0 aromatic rings. The van der Waals surface area contributed by atoms with Gasteiger partial charge < -0.3 is 4.74 Å². The summed E-state index contributed by atoms with van der Waals surface area (Å²) in [7, 11) is 0. The molecule has 0 spiro atoms. The number of alkyl halides is 2. The van der Waals surface area contributed by atoms with Crippen LogP contribution >= 0.6 is 23.2 Å². The van der Waals surface area contributed by atoms with E-state index in [1.54, 1.807) is 0 Å². The molecule has 0 aromatic carbocycles. The molecule has 0 N–H and O–H groups in total. The number of rotatable bonds is 6. The van der Waals surface area contributed by atoms with Gasteiger partial charge in [0.1, 0.15) is 4.84 Å². The zero-order valence-corrected chi connectivity index (χ0v) is 7.79. The van der Waals surface area contributed by atoms with Gasteiger partial charge >= 0.3 is 0 Å². The average molecular weight is 185 g/mol. The van der Waals surface area contributed by atoms with Crippen LogP contribution in [0.1, 0.15) is 26.2 Å². The van der Waals surface area contributed by atoms with Crippen LogP contribution in [0.3, 0.4) is 0 Å². The summed E-state index contributed by atoms with van der Waals surface area (Å²) in [4.78, 5) is -0.207. The predicted molar refractivity (Wildman–Crippen MR) is 45.8 cm³/mol. The zero-order chi connectivity index (χ0) is 7.82. The van der Waals surface area contributed by atoms with E-state index in [1.807, 2.05) is 6.92 Å². The van der Waals surface area contributed by atoms with Crippen LogP contribution in [0.15, 0.2) is 0 Å². The van der Waals surface area contributed by atoms with Crippen LogP contribution in [0.5, 0.6) is 0 Å². The molecule has 0 unspecified atom stereocenters. The van der Waals surface area contributed by atoms with Crippen molar-refractivity contribution in [3.05, 3.63) is 0 Å². The van der Waals surface area contributed by atoms with Gasteiger partial charge in [-0.15, -0.1) is 23.2 Å². The molecule has 0 heterocycles. The number of hydrogen-bond donors (Lipinski definition) is 0. The normalized spacial score (nSPS) is 10.8. The molecule has 0 aromatic heterocycles. The summed E-state index contributed by atoms with van der Waals surface area (Å²) in [6, 6.07) is 0. The highest BCUT2D eigenvalue weighted by Gasteiger charge is 1.96. The molecule has 0 aliphatic rings. The first-order chi connectivity index (χ1) is 4.77. The maximum absolute atomic E-state index is 5.52. The number of hydrogen-bond acceptors (Lipinski definition) is 1. The molecule has 0 bridgehead atoms. The maximum atomic E-state index is 5.52. The predicted octanol–water partition coefficient (Wildman–Crippen LogP) is 3.00. The van der Waals surface area contributed by atoms with E-state index in [0.29, 0.717) is 0 Å². The van der Waals surface area contributed by atoms with Gasteiger partial charge in [-0.2, -0.15) is 0 Å². The standard InChI is InChI=1S/C7H14Cl2O/c1-2-10-6-4-3-5-7(8)9/h7H,2-6H2,1H3. The molecule has 0 aliphatic carbocycles. The molecule has 0 amide bonds. The van der Waals surface area contributed by atoms with Crippen molar-refractivity contribution in [1.29, 1.82) is 0 Å². The van der Waals surface area contributed by atoms with Gasteiger partial charge in [-0.25, -0.2) is 0 Å². The number of halogens is 2. The Morgan fingerprint density at radius 2 is 2.00 bits per heavy atom. The van der Waals surface area contributed by atoms with E-state index in [0.717, 1.165) is 32.5 Å². The molecule has 0 rings (SSSR count). The molecule has 0 saturated carbocycles.